The van der Waals surface area contributed by atoms with E-state index in [1.54, 1.807) is 13.3 Å². The fourth-order valence-corrected chi connectivity index (χ4v) is 3.03. The van der Waals surface area contributed by atoms with Gasteiger partial charge in [0, 0.05) is 13.1 Å². The number of nitrogens with zero attached hydrogens (tertiary/aromatic N) is 2. The van der Waals surface area contributed by atoms with Crippen LogP contribution in [0.2, 0.25) is 0 Å². The molecule has 0 saturated carbocycles. The highest BCUT2D eigenvalue weighted by Crippen LogP contribution is 2.19. The first kappa shape index (κ1) is 18.9. The van der Waals surface area contributed by atoms with Crippen LogP contribution in [-0.4, -0.2) is 29.5 Å². The van der Waals surface area contributed by atoms with Gasteiger partial charge in [-0.1, -0.05) is 23.8 Å². The molecule has 6 heteroatoms. The summed E-state index contributed by atoms with van der Waals surface area (Å²) in [4.78, 5) is 20.7. The van der Waals surface area contributed by atoms with Crippen LogP contribution in [0.1, 0.15) is 48.2 Å². The molecule has 0 spiro atoms. The molecule has 27 heavy (non-hydrogen) atoms. The molecule has 2 N–H and O–H groups in total. The summed E-state index contributed by atoms with van der Waals surface area (Å²) in [6.07, 6.45) is 11.2. The van der Waals surface area contributed by atoms with Crippen molar-refractivity contribution >= 4 is 11.7 Å². The van der Waals surface area contributed by atoms with E-state index in [0.29, 0.717) is 24.6 Å². The Balaban J connectivity index is 1.44. The summed E-state index contributed by atoms with van der Waals surface area (Å²) in [6, 6.07) is 7.81. The molecule has 3 rings (SSSR count). The van der Waals surface area contributed by atoms with Crippen LogP contribution in [0.4, 0.5) is 5.82 Å². The third kappa shape index (κ3) is 5.81. The van der Waals surface area contributed by atoms with E-state index in [1.165, 1.54) is 31.0 Å². The summed E-state index contributed by atoms with van der Waals surface area (Å²) >= 11 is 0. The van der Waals surface area contributed by atoms with Crippen LogP contribution >= 0.6 is 0 Å². The van der Waals surface area contributed by atoms with Gasteiger partial charge in [0.2, 0.25) is 0 Å². The number of methoxy groups -OCH3 is 1. The van der Waals surface area contributed by atoms with Gasteiger partial charge in [0.15, 0.2) is 0 Å². The first-order valence-corrected chi connectivity index (χ1v) is 9.39. The highest BCUT2D eigenvalue weighted by Gasteiger charge is 2.09. The van der Waals surface area contributed by atoms with E-state index < -0.39 is 0 Å². The fraction of sp³-hybridized carbons (Fsp3) is 0.381. The van der Waals surface area contributed by atoms with E-state index in [9.17, 15) is 4.79 Å². The van der Waals surface area contributed by atoms with Gasteiger partial charge in [0.25, 0.3) is 5.91 Å². The number of carbonyl (C=O) groups excluding carboxylic acids is 1. The minimum absolute atomic E-state index is 0.180. The molecule has 1 amide bonds. The Kier molecular flexibility index (Phi) is 6.79. The number of ether oxygens (including phenoxy) is 1. The molecule has 142 valence electrons. The monoisotopic (exact) mass is 366 g/mol. The van der Waals surface area contributed by atoms with Gasteiger partial charge in [0.05, 0.1) is 19.5 Å². The SMILES string of the molecule is COc1ccc(CNc2cnc(C(=O)NCCC3=CCCCC3)cn2)cc1. The lowest BCUT2D eigenvalue weighted by Gasteiger charge is -2.12. The lowest BCUT2D eigenvalue weighted by molar-refractivity contribution is 0.0948. The van der Waals surface area contributed by atoms with Crippen LogP contribution in [-0.2, 0) is 6.54 Å². The average molecular weight is 366 g/mol. The van der Waals surface area contributed by atoms with Crippen LogP contribution in [0, 0.1) is 0 Å². The van der Waals surface area contributed by atoms with Crippen molar-refractivity contribution in [1.82, 2.24) is 15.3 Å². The molecule has 1 aliphatic rings. The maximum Gasteiger partial charge on any atom is 0.271 e. The van der Waals surface area contributed by atoms with Gasteiger partial charge in [0.1, 0.15) is 17.3 Å². The summed E-state index contributed by atoms with van der Waals surface area (Å²) < 4.78 is 5.15. The van der Waals surface area contributed by atoms with Gasteiger partial charge in [-0.15, -0.1) is 0 Å². The normalized spacial score (nSPS) is 13.6. The maximum absolute atomic E-state index is 12.2. The van der Waals surface area contributed by atoms with E-state index in [4.69, 9.17) is 4.74 Å². The third-order valence-corrected chi connectivity index (χ3v) is 4.63. The molecule has 0 aliphatic heterocycles. The van der Waals surface area contributed by atoms with Gasteiger partial charge < -0.3 is 15.4 Å². The Morgan fingerprint density at radius 1 is 1.15 bits per heavy atom. The van der Waals surface area contributed by atoms with Gasteiger partial charge >= 0.3 is 0 Å². The number of aromatic nitrogens is 2. The Labute approximate surface area is 160 Å². The van der Waals surface area contributed by atoms with Crippen LogP contribution in [0.5, 0.6) is 5.75 Å². The topological polar surface area (TPSA) is 76.1 Å². The Morgan fingerprint density at radius 2 is 2.00 bits per heavy atom. The van der Waals surface area contributed by atoms with Crippen LogP contribution < -0.4 is 15.4 Å². The molecule has 1 aromatic carbocycles. The third-order valence-electron chi connectivity index (χ3n) is 4.63. The van der Waals surface area contributed by atoms with Crippen LogP contribution in [0.25, 0.3) is 0 Å². The molecule has 1 aromatic heterocycles. The number of rotatable bonds is 8. The van der Waals surface area contributed by atoms with Crippen molar-refractivity contribution in [3.63, 3.8) is 0 Å². The molecule has 1 heterocycles. The lowest BCUT2D eigenvalue weighted by Crippen LogP contribution is -2.26. The van der Waals surface area contributed by atoms with Crippen molar-refractivity contribution in [3.05, 3.63) is 59.6 Å². The van der Waals surface area contributed by atoms with Gasteiger partial charge in [-0.25, -0.2) is 9.97 Å². The van der Waals surface area contributed by atoms with Crippen molar-refractivity contribution in [3.8, 4) is 5.75 Å². The van der Waals surface area contributed by atoms with Gasteiger partial charge in [-0.2, -0.15) is 0 Å². The predicted octanol–water partition coefficient (Wildman–Crippen LogP) is 3.72. The number of allylic oxidation sites excluding steroid dienone is 1. The van der Waals surface area contributed by atoms with Gasteiger partial charge in [-0.3, -0.25) is 4.79 Å². The van der Waals surface area contributed by atoms with Crippen molar-refractivity contribution < 1.29 is 9.53 Å². The fourth-order valence-electron chi connectivity index (χ4n) is 3.03. The number of nitrogens with one attached hydrogen (secondary N) is 2. The van der Waals surface area contributed by atoms with E-state index in [0.717, 1.165) is 24.2 Å². The molecule has 6 nitrogen and oxygen atoms in total. The summed E-state index contributed by atoms with van der Waals surface area (Å²) in [5, 5.41) is 6.12. The minimum Gasteiger partial charge on any atom is -0.497 e. The van der Waals surface area contributed by atoms with Crippen molar-refractivity contribution in [2.45, 2.75) is 38.6 Å². The summed E-state index contributed by atoms with van der Waals surface area (Å²) in [5.41, 5.74) is 2.89. The van der Waals surface area contributed by atoms with Crippen molar-refractivity contribution in [2.24, 2.45) is 0 Å². The predicted molar refractivity (Wildman–Crippen MR) is 106 cm³/mol. The second-order valence-corrected chi connectivity index (χ2v) is 6.60. The first-order valence-electron chi connectivity index (χ1n) is 9.39. The standard InChI is InChI=1S/C21H26N4O2/c1-27-18-9-7-17(8-10-18)13-24-20-15-23-19(14-25-20)21(26)22-12-11-16-5-3-2-4-6-16/h5,7-10,14-15H,2-4,6,11-13H2,1H3,(H,22,26)(H,24,25). The van der Waals surface area contributed by atoms with E-state index in [-0.39, 0.29) is 5.91 Å². The van der Waals surface area contributed by atoms with Crippen molar-refractivity contribution in [2.75, 3.05) is 19.0 Å². The second kappa shape index (κ2) is 9.71. The minimum atomic E-state index is -0.180. The number of hydrogen-bond donors (Lipinski definition) is 2. The number of hydrogen-bond acceptors (Lipinski definition) is 5. The molecule has 0 fully saturated rings. The zero-order valence-corrected chi connectivity index (χ0v) is 15.7. The zero-order chi connectivity index (χ0) is 18.9. The average Bonchev–Trinajstić information content (AvgIpc) is 2.73. The molecular formula is C21H26N4O2. The van der Waals surface area contributed by atoms with E-state index in [1.807, 2.05) is 24.3 Å². The molecule has 0 atom stereocenters. The Morgan fingerprint density at radius 3 is 2.67 bits per heavy atom. The summed E-state index contributed by atoms with van der Waals surface area (Å²) in [6.45, 7) is 1.27. The molecular weight excluding hydrogens is 340 g/mol. The van der Waals surface area contributed by atoms with Crippen LogP contribution in [0.15, 0.2) is 48.3 Å². The molecule has 0 bridgehead atoms. The number of benzene rings is 1. The molecule has 1 aliphatic carbocycles. The highest BCUT2D eigenvalue weighted by atomic mass is 16.5. The van der Waals surface area contributed by atoms with E-state index >= 15 is 0 Å². The van der Waals surface area contributed by atoms with Crippen LogP contribution in [0.3, 0.4) is 0 Å². The maximum atomic E-state index is 12.2. The molecule has 2 aromatic rings. The van der Waals surface area contributed by atoms with Crippen molar-refractivity contribution in [1.29, 1.82) is 0 Å². The molecule has 0 radical (unpaired) electrons. The number of amides is 1. The quantitative estimate of drug-likeness (QED) is 0.697. The number of anilines is 1. The smallest absolute Gasteiger partial charge is 0.271 e. The zero-order valence-electron chi connectivity index (χ0n) is 15.7. The Hall–Kier alpha value is -2.89. The number of carbonyl (C=O) groups is 1. The highest BCUT2D eigenvalue weighted by molar-refractivity contribution is 5.91. The summed E-state index contributed by atoms with van der Waals surface area (Å²) in [7, 11) is 1.65. The largest absolute Gasteiger partial charge is 0.497 e. The van der Waals surface area contributed by atoms with Gasteiger partial charge in [-0.05, 0) is 49.8 Å². The lowest BCUT2D eigenvalue weighted by atomic mass is 9.97. The molecule has 0 saturated heterocycles. The second-order valence-electron chi connectivity index (χ2n) is 6.60. The first-order chi connectivity index (χ1) is 13.2. The summed E-state index contributed by atoms with van der Waals surface area (Å²) in [5.74, 6) is 1.28. The Bertz CT molecular complexity index is 770. The van der Waals surface area contributed by atoms with E-state index in [2.05, 4.69) is 26.7 Å². The molecule has 0 unspecified atom stereocenters.